The van der Waals surface area contributed by atoms with Crippen molar-refractivity contribution in [3.05, 3.63) is 12.3 Å². The molecule has 0 rings (SSSR count). The summed E-state index contributed by atoms with van der Waals surface area (Å²) >= 11 is 0. The van der Waals surface area contributed by atoms with Gasteiger partial charge < -0.3 is 4.74 Å². The molecule has 0 aliphatic rings. The molecule has 0 amide bonds. The quantitative estimate of drug-likeness (QED) is 0.512. The molecule has 0 saturated heterocycles. The second kappa shape index (κ2) is 4.69. The van der Waals surface area contributed by atoms with Gasteiger partial charge >= 0.3 is 0 Å². The highest BCUT2D eigenvalue weighted by Crippen LogP contribution is 1.94. The van der Waals surface area contributed by atoms with Gasteiger partial charge in [0.25, 0.3) is 0 Å². The molecule has 1 nitrogen and oxygen atoms in total. The van der Waals surface area contributed by atoms with Crippen molar-refractivity contribution in [2.24, 2.45) is 0 Å². The van der Waals surface area contributed by atoms with Gasteiger partial charge in [-0.15, -0.1) is 0 Å². The van der Waals surface area contributed by atoms with E-state index in [1.54, 1.807) is 6.26 Å². The van der Waals surface area contributed by atoms with Crippen LogP contribution in [0.25, 0.3) is 0 Å². The number of allylic oxidation sites excluding steroid dienone is 1. The van der Waals surface area contributed by atoms with Gasteiger partial charge in [0.15, 0.2) is 0 Å². The molecule has 0 spiro atoms. The Morgan fingerprint density at radius 3 is 2.62 bits per heavy atom. The first-order valence-corrected chi connectivity index (χ1v) is 3.07. The minimum absolute atomic E-state index is 0.367. The number of hydrogen-bond donors (Lipinski definition) is 0. The van der Waals surface area contributed by atoms with Gasteiger partial charge in [-0.25, -0.2) is 0 Å². The smallest absolute Gasteiger partial charge is 0.0947 e. The molecule has 0 bridgehead atoms. The Balaban J connectivity index is 3.10. The lowest BCUT2D eigenvalue weighted by atomic mass is 10.3. The van der Waals surface area contributed by atoms with Crippen LogP contribution in [-0.4, -0.2) is 6.10 Å². The van der Waals surface area contributed by atoms with Crippen molar-refractivity contribution in [3.8, 4) is 0 Å². The monoisotopic (exact) mass is 114 g/mol. The van der Waals surface area contributed by atoms with E-state index < -0.39 is 0 Å². The van der Waals surface area contributed by atoms with Gasteiger partial charge in [-0.05, 0) is 20.3 Å². The predicted molar refractivity (Wildman–Crippen MR) is 35.7 cm³/mol. The zero-order chi connectivity index (χ0) is 6.41. The molecule has 0 N–H and O–H groups in total. The van der Waals surface area contributed by atoms with Crippen LogP contribution in [0, 0.1) is 0 Å². The van der Waals surface area contributed by atoms with Crippen molar-refractivity contribution < 1.29 is 4.74 Å². The fraction of sp³-hybridized carbons (Fsp3) is 0.714. The molecular formula is C7H14O. The molecule has 0 aromatic heterocycles. The van der Waals surface area contributed by atoms with Crippen LogP contribution >= 0.6 is 0 Å². The Morgan fingerprint density at radius 2 is 2.25 bits per heavy atom. The molecule has 0 aromatic rings. The zero-order valence-corrected chi connectivity index (χ0v) is 5.85. The molecule has 0 fully saturated rings. The third-order valence-electron chi connectivity index (χ3n) is 1.02. The van der Waals surface area contributed by atoms with Crippen LogP contribution in [0.2, 0.25) is 0 Å². The minimum Gasteiger partial charge on any atom is -0.499 e. The Morgan fingerprint density at radius 1 is 1.62 bits per heavy atom. The normalized spacial score (nSPS) is 14.4. The second-order valence-corrected chi connectivity index (χ2v) is 1.82. The van der Waals surface area contributed by atoms with E-state index in [0.717, 1.165) is 6.42 Å². The van der Waals surface area contributed by atoms with Crippen LogP contribution in [0.1, 0.15) is 27.2 Å². The highest BCUT2D eigenvalue weighted by Gasteiger charge is 1.90. The fourth-order valence-electron chi connectivity index (χ4n) is 0.309. The van der Waals surface area contributed by atoms with Crippen molar-refractivity contribution in [2.45, 2.75) is 33.3 Å². The van der Waals surface area contributed by atoms with Gasteiger partial charge in [0.1, 0.15) is 0 Å². The third-order valence-corrected chi connectivity index (χ3v) is 1.02. The highest BCUT2D eigenvalue weighted by molar-refractivity contribution is 4.66. The third kappa shape index (κ3) is 3.72. The summed E-state index contributed by atoms with van der Waals surface area (Å²) in [5.74, 6) is 0. The van der Waals surface area contributed by atoms with E-state index in [1.165, 1.54) is 0 Å². The SMILES string of the molecule is CC=COC(C)CC. The second-order valence-electron chi connectivity index (χ2n) is 1.82. The summed E-state index contributed by atoms with van der Waals surface area (Å²) in [6, 6.07) is 0. The fourth-order valence-corrected chi connectivity index (χ4v) is 0.309. The van der Waals surface area contributed by atoms with E-state index >= 15 is 0 Å². The average Bonchev–Trinajstić information content (AvgIpc) is 1.83. The lowest BCUT2D eigenvalue weighted by Crippen LogP contribution is -1.99. The van der Waals surface area contributed by atoms with Crippen molar-refractivity contribution in [1.82, 2.24) is 0 Å². The van der Waals surface area contributed by atoms with E-state index in [0.29, 0.717) is 6.10 Å². The van der Waals surface area contributed by atoms with Crippen molar-refractivity contribution in [3.63, 3.8) is 0 Å². The lowest BCUT2D eigenvalue weighted by Gasteiger charge is -2.05. The van der Waals surface area contributed by atoms with E-state index in [1.807, 2.05) is 13.0 Å². The topological polar surface area (TPSA) is 9.23 Å². The Hall–Kier alpha value is -0.460. The maximum atomic E-state index is 5.16. The zero-order valence-electron chi connectivity index (χ0n) is 5.85. The van der Waals surface area contributed by atoms with Gasteiger partial charge in [-0.2, -0.15) is 0 Å². The van der Waals surface area contributed by atoms with Crippen LogP contribution in [0.15, 0.2) is 12.3 Å². The average molecular weight is 114 g/mol. The Kier molecular flexibility index (Phi) is 4.42. The molecule has 0 aliphatic heterocycles. The van der Waals surface area contributed by atoms with Gasteiger partial charge in [0, 0.05) is 0 Å². The van der Waals surface area contributed by atoms with Gasteiger partial charge in [0.2, 0.25) is 0 Å². The van der Waals surface area contributed by atoms with Crippen LogP contribution in [0.5, 0.6) is 0 Å². The van der Waals surface area contributed by atoms with E-state index in [9.17, 15) is 0 Å². The van der Waals surface area contributed by atoms with Gasteiger partial charge in [0.05, 0.1) is 12.4 Å². The molecule has 0 radical (unpaired) electrons. The van der Waals surface area contributed by atoms with Crippen LogP contribution < -0.4 is 0 Å². The summed E-state index contributed by atoms with van der Waals surface area (Å²) in [4.78, 5) is 0. The lowest BCUT2D eigenvalue weighted by molar-refractivity contribution is 0.157. The molecule has 0 aromatic carbocycles. The summed E-state index contributed by atoms with van der Waals surface area (Å²) in [5, 5.41) is 0. The largest absolute Gasteiger partial charge is 0.499 e. The molecule has 48 valence electrons. The Bertz CT molecular complexity index is 66.8. The van der Waals surface area contributed by atoms with E-state index in [4.69, 9.17) is 4.74 Å². The molecule has 1 atom stereocenters. The van der Waals surface area contributed by atoms with E-state index in [2.05, 4.69) is 13.8 Å². The molecular weight excluding hydrogens is 100 g/mol. The summed E-state index contributed by atoms with van der Waals surface area (Å²) in [7, 11) is 0. The molecule has 1 unspecified atom stereocenters. The highest BCUT2D eigenvalue weighted by atomic mass is 16.5. The van der Waals surface area contributed by atoms with E-state index in [-0.39, 0.29) is 0 Å². The van der Waals surface area contributed by atoms with Crippen LogP contribution in [0.3, 0.4) is 0 Å². The predicted octanol–water partition coefficient (Wildman–Crippen LogP) is 2.34. The van der Waals surface area contributed by atoms with Crippen molar-refractivity contribution >= 4 is 0 Å². The van der Waals surface area contributed by atoms with Crippen molar-refractivity contribution in [2.75, 3.05) is 0 Å². The van der Waals surface area contributed by atoms with Crippen molar-refractivity contribution in [1.29, 1.82) is 0 Å². The summed E-state index contributed by atoms with van der Waals surface area (Å²) in [6.45, 7) is 6.11. The van der Waals surface area contributed by atoms with Gasteiger partial charge in [-0.1, -0.05) is 13.0 Å². The molecule has 8 heavy (non-hydrogen) atoms. The molecule has 0 heterocycles. The van der Waals surface area contributed by atoms with Crippen LogP contribution in [0.4, 0.5) is 0 Å². The number of ether oxygens (including phenoxy) is 1. The summed E-state index contributed by atoms with van der Waals surface area (Å²) in [6.07, 6.45) is 5.07. The maximum absolute atomic E-state index is 5.16. The summed E-state index contributed by atoms with van der Waals surface area (Å²) in [5.41, 5.74) is 0. The van der Waals surface area contributed by atoms with Crippen LogP contribution in [-0.2, 0) is 4.74 Å². The number of rotatable bonds is 3. The minimum atomic E-state index is 0.367. The molecule has 0 aliphatic carbocycles. The molecule has 1 heteroatoms. The first kappa shape index (κ1) is 7.54. The first-order valence-electron chi connectivity index (χ1n) is 3.07. The number of hydrogen-bond acceptors (Lipinski definition) is 1. The Labute approximate surface area is 51.4 Å². The maximum Gasteiger partial charge on any atom is 0.0947 e. The standard InChI is InChI=1S/C7H14O/c1-4-6-8-7(3)5-2/h4,6-7H,5H2,1-3H3. The molecule has 0 saturated carbocycles. The summed E-state index contributed by atoms with van der Waals surface area (Å²) < 4.78 is 5.16. The first-order chi connectivity index (χ1) is 3.81. The van der Waals surface area contributed by atoms with Gasteiger partial charge in [-0.3, -0.25) is 0 Å².